The summed E-state index contributed by atoms with van der Waals surface area (Å²) in [6, 6.07) is 0. The minimum absolute atomic E-state index is 0.139. The Bertz CT molecular complexity index is 145. The molecular weight excluding hydrogens is 221 g/mol. The molecule has 1 heterocycles. The summed E-state index contributed by atoms with van der Waals surface area (Å²) in [5.74, 6) is -0.315. The molecule has 1 aliphatic heterocycles. The molecule has 0 saturated carbocycles. The van der Waals surface area contributed by atoms with Crippen LogP contribution in [0.15, 0.2) is 0 Å². The summed E-state index contributed by atoms with van der Waals surface area (Å²) in [5, 5.41) is 2.18. The summed E-state index contributed by atoms with van der Waals surface area (Å²) in [6.45, 7) is 0. The van der Waals surface area contributed by atoms with E-state index in [-0.39, 0.29) is 15.7 Å². The van der Waals surface area contributed by atoms with Gasteiger partial charge in [0, 0.05) is 6.42 Å². The third-order valence-corrected chi connectivity index (χ3v) is 1.92. The van der Waals surface area contributed by atoms with Crippen LogP contribution in [0.1, 0.15) is 6.42 Å². The third kappa shape index (κ3) is 0.988. The molecule has 0 aromatic carbocycles. The van der Waals surface area contributed by atoms with Crippen molar-refractivity contribution >= 4 is 34.4 Å². The van der Waals surface area contributed by atoms with Crippen LogP contribution in [-0.4, -0.2) is 15.7 Å². The van der Waals surface area contributed by atoms with Gasteiger partial charge in [0.1, 0.15) is 0 Å². The van der Waals surface area contributed by atoms with Crippen LogP contribution in [0.3, 0.4) is 0 Å². The minimum Gasteiger partial charge on any atom is -0.295 e. The standard InChI is InChI=1S/C4H4INO2/c5-2-1-3(7)6-4(2)8/h2H,1H2,(H,6,7,8)/t2-/m1/s1. The van der Waals surface area contributed by atoms with Crippen LogP contribution in [-0.2, 0) is 9.59 Å². The van der Waals surface area contributed by atoms with Crippen LogP contribution >= 0.6 is 22.6 Å². The van der Waals surface area contributed by atoms with Crippen molar-refractivity contribution in [3.63, 3.8) is 0 Å². The quantitative estimate of drug-likeness (QED) is 0.353. The number of amides is 2. The average molecular weight is 225 g/mol. The number of nitrogens with one attached hydrogen (secondary N) is 1. The Morgan fingerprint density at radius 3 is 2.38 bits per heavy atom. The number of alkyl halides is 1. The van der Waals surface area contributed by atoms with Gasteiger partial charge in [0.15, 0.2) is 0 Å². The maximum absolute atomic E-state index is 10.4. The number of halogens is 1. The van der Waals surface area contributed by atoms with Crippen LogP contribution in [0.5, 0.6) is 0 Å². The normalized spacial score (nSPS) is 28.4. The van der Waals surface area contributed by atoms with Crippen molar-refractivity contribution in [2.24, 2.45) is 0 Å². The van der Waals surface area contributed by atoms with Crippen molar-refractivity contribution < 1.29 is 9.59 Å². The first-order valence-electron chi connectivity index (χ1n) is 2.18. The second-order valence-corrected chi connectivity index (χ2v) is 3.09. The predicted octanol–water partition coefficient (Wildman–Crippen LogP) is -0.163. The van der Waals surface area contributed by atoms with Crippen molar-refractivity contribution in [1.82, 2.24) is 5.32 Å². The first-order valence-corrected chi connectivity index (χ1v) is 3.42. The van der Waals surface area contributed by atoms with E-state index in [1.165, 1.54) is 0 Å². The van der Waals surface area contributed by atoms with Gasteiger partial charge in [-0.2, -0.15) is 0 Å². The van der Waals surface area contributed by atoms with Gasteiger partial charge in [-0.25, -0.2) is 0 Å². The predicted molar refractivity (Wildman–Crippen MR) is 35.6 cm³/mol. The summed E-state index contributed by atoms with van der Waals surface area (Å²) in [4.78, 5) is 20.8. The summed E-state index contributed by atoms with van der Waals surface area (Å²) in [7, 11) is 0. The number of carbonyl (C=O) groups excluding carboxylic acids is 2. The van der Waals surface area contributed by atoms with Crippen molar-refractivity contribution in [3.05, 3.63) is 0 Å². The van der Waals surface area contributed by atoms with Crippen molar-refractivity contribution in [1.29, 1.82) is 0 Å². The lowest BCUT2D eigenvalue weighted by Crippen LogP contribution is -2.21. The highest BCUT2D eigenvalue weighted by atomic mass is 127. The lowest BCUT2D eigenvalue weighted by Gasteiger charge is -1.86. The summed E-state index contributed by atoms with van der Waals surface area (Å²) in [6.07, 6.45) is 0.347. The van der Waals surface area contributed by atoms with Crippen LogP contribution in [0.2, 0.25) is 0 Å². The molecule has 44 valence electrons. The fourth-order valence-corrected chi connectivity index (χ4v) is 1.08. The molecule has 8 heavy (non-hydrogen) atoms. The SMILES string of the molecule is O=C1C[C@@H](I)C(=O)N1. The van der Waals surface area contributed by atoms with E-state index in [2.05, 4.69) is 5.32 Å². The minimum atomic E-state index is -0.158. The van der Waals surface area contributed by atoms with E-state index in [1.54, 1.807) is 0 Å². The molecule has 0 aromatic rings. The van der Waals surface area contributed by atoms with E-state index in [0.29, 0.717) is 6.42 Å². The summed E-state index contributed by atoms with van der Waals surface area (Å²) in [5.41, 5.74) is 0. The van der Waals surface area contributed by atoms with E-state index in [0.717, 1.165) is 0 Å². The third-order valence-electron chi connectivity index (χ3n) is 0.912. The van der Waals surface area contributed by atoms with Crippen molar-refractivity contribution in [2.75, 3.05) is 0 Å². The number of rotatable bonds is 0. The maximum atomic E-state index is 10.4. The van der Waals surface area contributed by atoms with Gasteiger partial charge in [0.05, 0.1) is 3.92 Å². The molecule has 4 heteroatoms. The zero-order valence-corrected chi connectivity index (χ0v) is 6.14. The molecule has 0 aliphatic carbocycles. The largest absolute Gasteiger partial charge is 0.295 e. The van der Waals surface area contributed by atoms with E-state index < -0.39 is 0 Å². The van der Waals surface area contributed by atoms with Crippen molar-refractivity contribution in [2.45, 2.75) is 10.3 Å². The average Bonchev–Trinajstić information content (AvgIpc) is 1.85. The van der Waals surface area contributed by atoms with Gasteiger partial charge in [0.25, 0.3) is 0 Å². The van der Waals surface area contributed by atoms with Crippen molar-refractivity contribution in [3.8, 4) is 0 Å². The monoisotopic (exact) mass is 225 g/mol. The second kappa shape index (κ2) is 2.00. The molecule has 0 bridgehead atoms. The molecule has 1 saturated heterocycles. The number of hydrogen-bond acceptors (Lipinski definition) is 2. The lowest BCUT2D eigenvalue weighted by molar-refractivity contribution is -0.124. The van der Waals surface area contributed by atoms with Gasteiger partial charge in [-0.05, 0) is 0 Å². The van der Waals surface area contributed by atoms with Crippen LogP contribution < -0.4 is 5.32 Å². The number of imide groups is 1. The van der Waals surface area contributed by atoms with E-state index in [1.807, 2.05) is 22.6 Å². The Kier molecular flexibility index (Phi) is 1.50. The fourth-order valence-electron chi connectivity index (χ4n) is 0.522. The molecule has 1 fully saturated rings. The fraction of sp³-hybridized carbons (Fsp3) is 0.500. The molecule has 0 unspecified atom stereocenters. The summed E-state index contributed by atoms with van der Waals surface area (Å²) < 4.78 is -0.139. The highest BCUT2D eigenvalue weighted by Gasteiger charge is 2.27. The molecule has 1 N–H and O–H groups in total. The molecule has 1 rings (SSSR count). The first-order chi connectivity index (χ1) is 3.70. The zero-order valence-electron chi connectivity index (χ0n) is 3.98. The van der Waals surface area contributed by atoms with Gasteiger partial charge in [-0.1, -0.05) is 22.6 Å². The van der Waals surface area contributed by atoms with Gasteiger partial charge in [0.2, 0.25) is 11.8 Å². The Morgan fingerprint density at radius 2 is 2.25 bits per heavy atom. The number of carbonyl (C=O) groups is 2. The molecule has 2 amide bonds. The van der Waals surface area contributed by atoms with E-state index in [4.69, 9.17) is 0 Å². The highest BCUT2D eigenvalue weighted by Crippen LogP contribution is 2.10. The van der Waals surface area contributed by atoms with Gasteiger partial charge >= 0.3 is 0 Å². The second-order valence-electron chi connectivity index (χ2n) is 1.58. The maximum Gasteiger partial charge on any atom is 0.240 e. The van der Waals surface area contributed by atoms with E-state index >= 15 is 0 Å². The molecule has 0 spiro atoms. The zero-order chi connectivity index (χ0) is 6.15. The van der Waals surface area contributed by atoms with E-state index in [9.17, 15) is 9.59 Å². The molecule has 0 aromatic heterocycles. The molecule has 3 nitrogen and oxygen atoms in total. The Morgan fingerprint density at radius 1 is 1.62 bits per heavy atom. The van der Waals surface area contributed by atoms with Gasteiger partial charge in [-0.15, -0.1) is 0 Å². The van der Waals surface area contributed by atoms with Gasteiger partial charge < -0.3 is 0 Å². The lowest BCUT2D eigenvalue weighted by atomic mass is 10.4. The first kappa shape index (κ1) is 6.00. The summed E-state index contributed by atoms with van der Waals surface area (Å²) >= 11 is 1.94. The molecule has 0 radical (unpaired) electrons. The molecular formula is C4H4INO2. The Balaban J connectivity index is 2.64. The smallest absolute Gasteiger partial charge is 0.240 e. The Labute approximate surface area is 60.0 Å². The van der Waals surface area contributed by atoms with Crippen LogP contribution in [0, 0.1) is 0 Å². The van der Waals surface area contributed by atoms with Crippen LogP contribution in [0.25, 0.3) is 0 Å². The van der Waals surface area contributed by atoms with Gasteiger partial charge in [-0.3, -0.25) is 14.9 Å². The van der Waals surface area contributed by atoms with Crippen LogP contribution in [0.4, 0.5) is 0 Å². The molecule has 1 aliphatic rings. The topological polar surface area (TPSA) is 46.2 Å². The molecule has 1 atom stereocenters. The Hall–Kier alpha value is -0.130. The number of hydrogen-bond donors (Lipinski definition) is 1. The highest BCUT2D eigenvalue weighted by molar-refractivity contribution is 14.1.